The van der Waals surface area contributed by atoms with E-state index in [-0.39, 0.29) is 12.4 Å². The van der Waals surface area contributed by atoms with Crippen LogP contribution >= 0.6 is 0 Å². The van der Waals surface area contributed by atoms with E-state index in [9.17, 15) is 4.79 Å². The molecule has 0 saturated heterocycles. The number of ether oxygens (including phenoxy) is 1. The van der Waals surface area contributed by atoms with E-state index in [0.717, 1.165) is 16.5 Å². The summed E-state index contributed by atoms with van der Waals surface area (Å²) < 4.78 is 5.74. The van der Waals surface area contributed by atoms with Gasteiger partial charge in [-0.15, -0.1) is 0 Å². The van der Waals surface area contributed by atoms with E-state index in [4.69, 9.17) is 4.74 Å². The molecule has 3 aromatic carbocycles. The predicted molar refractivity (Wildman–Crippen MR) is 85.0 cm³/mol. The highest BCUT2D eigenvalue weighted by Gasteiger charge is 2.08. The number of carbonyl (C=O) groups excluding carboxylic acids is 1. The second-order valence-corrected chi connectivity index (χ2v) is 5.00. The van der Waals surface area contributed by atoms with Gasteiger partial charge in [0, 0.05) is 10.9 Å². The topological polar surface area (TPSA) is 26.3 Å². The van der Waals surface area contributed by atoms with Crippen LogP contribution in [0.1, 0.15) is 15.9 Å². The molecule has 0 heterocycles. The Bertz CT molecular complexity index is 776. The molecule has 3 aromatic rings. The zero-order chi connectivity index (χ0) is 14.7. The summed E-state index contributed by atoms with van der Waals surface area (Å²) in [6.45, 7) is 2.12. The molecule has 104 valence electrons. The largest absolute Gasteiger partial charge is 0.485 e. The van der Waals surface area contributed by atoms with Gasteiger partial charge < -0.3 is 4.74 Å². The molecule has 2 nitrogen and oxygen atoms in total. The predicted octanol–water partition coefficient (Wildman–Crippen LogP) is 4.41. The smallest absolute Gasteiger partial charge is 0.200 e. The zero-order valence-corrected chi connectivity index (χ0v) is 11.9. The Kier molecular flexibility index (Phi) is 3.69. The summed E-state index contributed by atoms with van der Waals surface area (Å²) in [6, 6.07) is 21.2. The van der Waals surface area contributed by atoms with Crippen molar-refractivity contribution in [1.82, 2.24) is 0 Å². The van der Waals surface area contributed by atoms with Crippen LogP contribution in [-0.4, -0.2) is 12.4 Å². The van der Waals surface area contributed by atoms with Gasteiger partial charge in [-0.2, -0.15) is 0 Å². The molecule has 0 unspecified atom stereocenters. The highest BCUT2D eigenvalue weighted by atomic mass is 16.5. The molecule has 0 aliphatic rings. The first kappa shape index (κ1) is 13.4. The zero-order valence-electron chi connectivity index (χ0n) is 11.9. The van der Waals surface area contributed by atoms with Gasteiger partial charge in [-0.25, -0.2) is 0 Å². The lowest BCUT2D eigenvalue weighted by Crippen LogP contribution is -2.11. The summed E-state index contributed by atoms with van der Waals surface area (Å²) in [5.41, 5.74) is 1.88. The number of aryl methyl sites for hydroxylation is 1. The van der Waals surface area contributed by atoms with Gasteiger partial charge >= 0.3 is 0 Å². The van der Waals surface area contributed by atoms with Crippen molar-refractivity contribution in [3.05, 3.63) is 77.9 Å². The maximum absolute atomic E-state index is 12.1. The molecule has 0 atom stereocenters. The second kappa shape index (κ2) is 5.80. The lowest BCUT2D eigenvalue weighted by atomic mass is 10.0. The monoisotopic (exact) mass is 276 g/mol. The molecule has 0 N–H and O–H groups in total. The Morgan fingerprint density at radius 3 is 2.29 bits per heavy atom. The fraction of sp³-hybridized carbons (Fsp3) is 0.105. The minimum Gasteiger partial charge on any atom is -0.485 e. The van der Waals surface area contributed by atoms with E-state index in [1.54, 1.807) is 12.1 Å². The summed E-state index contributed by atoms with van der Waals surface area (Å²) in [5.74, 6) is 0.737. The van der Waals surface area contributed by atoms with Crippen LogP contribution in [0.25, 0.3) is 10.8 Å². The van der Waals surface area contributed by atoms with Crippen molar-refractivity contribution < 1.29 is 9.53 Å². The number of benzene rings is 3. The molecule has 3 rings (SSSR count). The Balaban J connectivity index is 1.83. The van der Waals surface area contributed by atoms with Crippen molar-refractivity contribution in [2.75, 3.05) is 6.61 Å². The number of carbonyl (C=O) groups is 1. The van der Waals surface area contributed by atoms with Gasteiger partial charge in [0.15, 0.2) is 12.4 Å². The third-order valence-corrected chi connectivity index (χ3v) is 3.56. The van der Waals surface area contributed by atoms with Gasteiger partial charge in [0.05, 0.1) is 0 Å². The highest BCUT2D eigenvalue weighted by molar-refractivity contribution is 5.97. The van der Waals surface area contributed by atoms with Crippen LogP contribution < -0.4 is 4.74 Å². The summed E-state index contributed by atoms with van der Waals surface area (Å²) in [5, 5.41) is 2.19. The molecule has 21 heavy (non-hydrogen) atoms. The van der Waals surface area contributed by atoms with Gasteiger partial charge in [-0.1, -0.05) is 60.7 Å². The van der Waals surface area contributed by atoms with Gasteiger partial charge in [0.25, 0.3) is 0 Å². The molecule has 0 radical (unpaired) electrons. The lowest BCUT2D eigenvalue weighted by Gasteiger charge is -2.10. The molecular formula is C19H16O2. The van der Waals surface area contributed by atoms with Crippen LogP contribution in [0, 0.1) is 6.92 Å². The van der Waals surface area contributed by atoms with Crippen molar-refractivity contribution >= 4 is 16.6 Å². The average molecular weight is 276 g/mol. The first-order valence-electron chi connectivity index (χ1n) is 6.95. The van der Waals surface area contributed by atoms with Crippen molar-refractivity contribution in [2.45, 2.75) is 6.92 Å². The number of hydrogen-bond donors (Lipinski definition) is 0. The Morgan fingerprint density at radius 2 is 1.52 bits per heavy atom. The van der Waals surface area contributed by atoms with Gasteiger partial charge in [-0.3, -0.25) is 4.79 Å². The van der Waals surface area contributed by atoms with Crippen LogP contribution in [-0.2, 0) is 0 Å². The normalized spacial score (nSPS) is 10.5. The first-order chi connectivity index (χ1) is 10.3. The van der Waals surface area contributed by atoms with Crippen LogP contribution in [0.4, 0.5) is 0 Å². The van der Waals surface area contributed by atoms with Crippen molar-refractivity contribution in [1.29, 1.82) is 0 Å². The van der Waals surface area contributed by atoms with E-state index in [1.807, 2.05) is 48.5 Å². The molecule has 0 aliphatic heterocycles. The summed E-state index contributed by atoms with van der Waals surface area (Å²) >= 11 is 0. The summed E-state index contributed by atoms with van der Waals surface area (Å²) in [6.07, 6.45) is 0. The summed E-state index contributed by atoms with van der Waals surface area (Å²) in [4.78, 5) is 12.1. The van der Waals surface area contributed by atoms with Crippen LogP contribution in [0.2, 0.25) is 0 Å². The lowest BCUT2D eigenvalue weighted by molar-refractivity contribution is 0.0922. The molecule has 0 aromatic heterocycles. The third kappa shape index (κ3) is 2.79. The van der Waals surface area contributed by atoms with Crippen molar-refractivity contribution in [3.63, 3.8) is 0 Å². The number of Topliss-reactive ketones (excluding diaryl/α,β-unsaturated/α-hetero) is 1. The Morgan fingerprint density at radius 1 is 0.857 bits per heavy atom. The first-order valence-corrected chi connectivity index (χ1v) is 6.95. The molecule has 0 fully saturated rings. The van der Waals surface area contributed by atoms with E-state index in [0.29, 0.717) is 5.56 Å². The number of rotatable bonds is 4. The Labute approximate surface area is 124 Å². The molecule has 0 amide bonds. The standard InChI is InChI=1S/C19H16O2/c1-14-11-12-19(17-10-6-5-9-16(14)17)21-13-18(20)15-7-3-2-4-8-15/h2-12H,13H2,1H3. The van der Waals surface area contributed by atoms with E-state index < -0.39 is 0 Å². The van der Waals surface area contributed by atoms with Crippen molar-refractivity contribution in [2.24, 2.45) is 0 Å². The fourth-order valence-corrected chi connectivity index (χ4v) is 2.40. The minimum absolute atomic E-state index is 0.0137. The molecule has 2 heteroatoms. The van der Waals surface area contributed by atoms with E-state index >= 15 is 0 Å². The minimum atomic E-state index is -0.0137. The van der Waals surface area contributed by atoms with Crippen LogP contribution in [0.15, 0.2) is 66.7 Å². The Hall–Kier alpha value is -2.61. The highest BCUT2D eigenvalue weighted by Crippen LogP contribution is 2.28. The fourth-order valence-electron chi connectivity index (χ4n) is 2.40. The maximum atomic E-state index is 12.1. The van der Waals surface area contributed by atoms with E-state index in [2.05, 4.69) is 13.0 Å². The quantitative estimate of drug-likeness (QED) is 0.660. The van der Waals surface area contributed by atoms with Crippen LogP contribution in [0.3, 0.4) is 0 Å². The molecule has 0 spiro atoms. The van der Waals surface area contributed by atoms with Gasteiger partial charge in [-0.05, 0) is 23.9 Å². The number of fused-ring (bicyclic) bond motifs is 1. The summed E-state index contributed by atoms with van der Waals surface area (Å²) in [7, 11) is 0. The van der Waals surface area contributed by atoms with Crippen LogP contribution in [0.5, 0.6) is 5.75 Å². The maximum Gasteiger partial charge on any atom is 0.200 e. The molecule has 0 bridgehead atoms. The van der Waals surface area contributed by atoms with E-state index in [1.165, 1.54) is 5.56 Å². The molecule has 0 aliphatic carbocycles. The third-order valence-electron chi connectivity index (χ3n) is 3.56. The van der Waals surface area contributed by atoms with Gasteiger partial charge in [0.1, 0.15) is 5.75 Å². The number of hydrogen-bond acceptors (Lipinski definition) is 2. The number of ketones is 1. The van der Waals surface area contributed by atoms with Gasteiger partial charge in [0.2, 0.25) is 0 Å². The second-order valence-electron chi connectivity index (χ2n) is 5.00. The average Bonchev–Trinajstić information content (AvgIpc) is 2.55. The SMILES string of the molecule is Cc1ccc(OCC(=O)c2ccccc2)c2ccccc12. The molecule has 0 saturated carbocycles. The molecular weight excluding hydrogens is 260 g/mol. The van der Waals surface area contributed by atoms with Crippen molar-refractivity contribution in [3.8, 4) is 5.75 Å².